The minimum atomic E-state index is 0.804. The zero-order valence-electron chi connectivity index (χ0n) is 13.3. The van der Waals surface area contributed by atoms with Crippen LogP contribution in [-0.2, 0) is 17.7 Å². The topological polar surface area (TPSA) is 24.5 Å². The molecular formula is C17H30N2O. The van der Waals surface area contributed by atoms with Gasteiger partial charge in [0.15, 0.2) is 0 Å². The van der Waals surface area contributed by atoms with Gasteiger partial charge >= 0.3 is 0 Å². The molecule has 0 unspecified atom stereocenters. The number of hydrogen-bond acceptors (Lipinski definition) is 3. The molecule has 0 aromatic heterocycles. The van der Waals surface area contributed by atoms with Crippen LogP contribution in [0.5, 0.6) is 0 Å². The lowest BCUT2D eigenvalue weighted by Crippen LogP contribution is -2.27. The zero-order valence-corrected chi connectivity index (χ0v) is 13.3. The van der Waals surface area contributed by atoms with E-state index in [0.29, 0.717) is 0 Å². The smallest absolute Gasteiger partial charge is 0.0593 e. The van der Waals surface area contributed by atoms with E-state index in [1.54, 1.807) is 0 Å². The van der Waals surface area contributed by atoms with Crippen molar-refractivity contribution in [3.8, 4) is 0 Å². The van der Waals surface area contributed by atoms with Gasteiger partial charge in [0, 0.05) is 19.7 Å². The largest absolute Gasteiger partial charge is 0.380 e. The first kappa shape index (κ1) is 17.2. The van der Waals surface area contributed by atoms with Crippen molar-refractivity contribution in [1.29, 1.82) is 0 Å². The molecular weight excluding hydrogens is 248 g/mol. The number of nitrogens with one attached hydrogen (secondary N) is 1. The van der Waals surface area contributed by atoms with E-state index in [4.69, 9.17) is 4.74 Å². The first-order chi connectivity index (χ1) is 9.80. The molecule has 1 N–H and O–H groups in total. The van der Waals surface area contributed by atoms with E-state index in [0.717, 1.165) is 52.4 Å². The third-order valence-corrected chi connectivity index (χ3v) is 3.47. The van der Waals surface area contributed by atoms with Crippen LogP contribution in [0.15, 0.2) is 24.3 Å². The molecule has 0 saturated heterocycles. The van der Waals surface area contributed by atoms with Crippen LogP contribution < -0.4 is 5.32 Å². The molecule has 0 radical (unpaired) electrons. The predicted octanol–water partition coefficient (Wildman–Crippen LogP) is 2.70. The third kappa shape index (κ3) is 7.04. The molecule has 114 valence electrons. The van der Waals surface area contributed by atoms with Gasteiger partial charge in [-0.3, -0.25) is 4.90 Å². The lowest BCUT2D eigenvalue weighted by molar-refractivity contribution is 0.113. The Morgan fingerprint density at radius 3 is 2.35 bits per heavy atom. The van der Waals surface area contributed by atoms with E-state index in [2.05, 4.69) is 48.3 Å². The van der Waals surface area contributed by atoms with Gasteiger partial charge in [0.25, 0.3) is 0 Å². The highest BCUT2D eigenvalue weighted by Gasteiger charge is 2.03. The van der Waals surface area contributed by atoms with Gasteiger partial charge in [0.2, 0.25) is 0 Å². The number of rotatable bonds is 11. The van der Waals surface area contributed by atoms with Gasteiger partial charge in [-0.2, -0.15) is 0 Å². The van der Waals surface area contributed by atoms with E-state index < -0.39 is 0 Å². The molecule has 0 atom stereocenters. The highest BCUT2D eigenvalue weighted by Crippen LogP contribution is 2.08. The SMILES string of the molecule is CCNCCc1ccc(CN(CC)CCOCC)cc1. The second-order valence-corrected chi connectivity index (χ2v) is 4.99. The van der Waals surface area contributed by atoms with Crippen molar-refractivity contribution in [3.63, 3.8) is 0 Å². The van der Waals surface area contributed by atoms with E-state index >= 15 is 0 Å². The molecule has 0 aliphatic rings. The Labute approximate surface area is 124 Å². The van der Waals surface area contributed by atoms with Crippen molar-refractivity contribution >= 4 is 0 Å². The summed E-state index contributed by atoms with van der Waals surface area (Å²) in [5.74, 6) is 0. The Kier molecular flexibility index (Phi) is 9.29. The first-order valence-electron chi connectivity index (χ1n) is 7.88. The Balaban J connectivity index is 2.38. The highest BCUT2D eigenvalue weighted by atomic mass is 16.5. The molecule has 0 aliphatic carbocycles. The standard InChI is InChI=1S/C17H30N2O/c1-4-18-12-11-16-7-9-17(10-8-16)15-19(5-2)13-14-20-6-3/h7-10,18H,4-6,11-15H2,1-3H3. The summed E-state index contributed by atoms with van der Waals surface area (Å²) >= 11 is 0. The van der Waals surface area contributed by atoms with Crippen LogP contribution in [0.3, 0.4) is 0 Å². The zero-order chi connectivity index (χ0) is 14.6. The fourth-order valence-electron chi connectivity index (χ4n) is 2.17. The molecule has 1 aromatic carbocycles. The van der Waals surface area contributed by atoms with Crippen LogP contribution in [-0.4, -0.2) is 44.3 Å². The Morgan fingerprint density at radius 2 is 1.75 bits per heavy atom. The van der Waals surface area contributed by atoms with E-state index in [1.165, 1.54) is 11.1 Å². The fraction of sp³-hybridized carbons (Fsp3) is 0.647. The molecule has 0 bridgehead atoms. The Hall–Kier alpha value is -0.900. The van der Waals surface area contributed by atoms with Gasteiger partial charge in [-0.25, -0.2) is 0 Å². The molecule has 1 aromatic rings. The number of hydrogen-bond donors (Lipinski definition) is 1. The normalized spacial score (nSPS) is 11.2. The van der Waals surface area contributed by atoms with Gasteiger partial charge in [0.1, 0.15) is 0 Å². The maximum Gasteiger partial charge on any atom is 0.0593 e. The van der Waals surface area contributed by atoms with Gasteiger partial charge < -0.3 is 10.1 Å². The second-order valence-electron chi connectivity index (χ2n) is 4.99. The van der Waals surface area contributed by atoms with Crippen LogP contribution in [0.4, 0.5) is 0 Å². The van der Waals surface area contributed by atoms with Crippen molar-refractivity contribution in [2.24, 2.45) is 0 Å². The number of benzene rings is 1. The van der Waals surface area contributed by atoms with Gasteiger partial charge in [-0.1, -0.05) is 38.1 Å². The quantitative estimate of drug-likeness (QED) is 0.630. The van der Waals surface area contributed by atoms with Crippen molar-refractivity contribution in [3.05, 3.63) is 35.4 Å². The maximum absolute atomic E-state index is 5.43. The van der Waals surface area contributed by atoms with Crippen LogP contribution in [0.1, 0.15) is 31.9 Å². The molecule has 0 spiro atoms. The fourth-order valence-corrected chi connectivity index (χ4v) is 2.17. The second kappa shape index (κ2) is 10.8. The molecule has 1 rings (SSSR count). The van der Waals surface area contributed by atoms with Crippen LogP contribution in [0.2, 0.25) is 0 Å². The lowest BCUT2D eigenvalue weighted by Gasteiger charge is -2.20. The van der Waals surface area contributed by atoms with Crippen LogP contribution in [0.25, 0.3) is 0 Å². The van der Waals surface area contributed by atoms with Crippen LogP contribution >= 0.6 is 0 Å². The van der Waals surface area contributed by atoms with E-state index in [1.807, 2.05) is 6.92 Å². The van der Waals surface area contributed by atoms with Crippen molar-refractivity contribution < 1.29 is 4.74 Å². The monoisotopic (exact) mass is 278 g/mol. The first-order valence-corrected chi connectivity index (χ1v) is 7.88. The highest BCUT2D eigenvalue weighted by molar-refractivity contribution is 5.22. The molecule has 0 saturated carbocycles. The minimum absolute atomic E-state index is 0.804. The Morgan fingerprint density at radius 1 is 1.05 bits per heavy atom. The number of nitrogens with zero attached hydrogens (tertiary/aromatic N) is 1. The molecule has 20 heavy (non-hydrogen) atoms. The van der Waals surface area contributed by atoms with E-state index in [-0.39, 0.29) is 0 Å². The minimum Gasteiger partial charge on any atom is -0.380 e. The molecule has 0 fully saturated rings. The number of likely N-dealkylation sites (N-methyl/N-ethyl adjacent to an activating group) is 2. The Bertz CT molecular complexity index is 337. The van der Waals surface area contributed by atoms with Gasteiger partial charge in [0.05, 0.1) is 6.61 Å². The summed E-state index contributed by atoms with van der Waals surface area (Å²) in [6.45, 7) is 13.2. The summed E-state index contributed by atoms with van der Waals surface area (Å²) in [5, 5.41) is 3.36. The predicted molar refractivity (Wildman–Crippen MR) is 86.1 cm³/mol. The van der Waals surface area contributed by atoms with Crippen molar-refractivity contribution in [2.75, 3.05) is 39.4 Å². The lowest BCUT2D eigenvalue weighted by atomic mass is 10.1. The van der Waals surface area contributed by atoms with Gasteiger partial charge in [-0.15, -0.1) is 0 Å². The van der Waals surface area contributed by atoms with Crippen molar-refractivity contribution in [2.45, 2.75) is 33.7 Å². The molecule has 0 aliphatic heterocycles. The summed E-state index contributed by atoms with van der Waals surface area (Å²) in [6.07, 6.45) is 1.11. The summed E-state index contributed by atoms with van der Waals surface area (Å²) in [4.78, 5) is 2.42. The van der Waals surface area contributed by atoms with Crippen LogP contribution in [0, 0.1) is 0 Å². The third-order valence-electron chi connectivity index (χ3n) is 3.47. The molecule has 3 heteroatoms. The molecule has 3 nitrogen and oxygen atoms in total. The summed E-state index contributed by atoms with van der Waals surface area (Å²) in [5.41, 5.74) is 2.79. The molecule has 0 heterocycles. The maximum atomic E-state index is 5.43. The number of ether oxygens (including phenoxy) is 1. The summed E-state index contributed by atoms with van der Waals surface area (Å²) in [6, 6.07) is 9.02. The van der Waals surface area contributed by atoms with Gasteiger partial charge in [-0.05, 0) is 44.1 Å². The summed E-state index contributed by atoms with van der Waals surface area (Å²) in [7, 11) is 0. The summed E-state index contributed by atoms with van der Waals surface area (Å²) < 4.78 is 5.43. The van der Waals surface area contributed by atoms with Crippen molar-refractivity contribution in [1.82, 2.24) is 10.2 Å². The average Bonchev–Trinajstić information content (AvgIpc) is 2.48. The van der Waals surface area contributed by atoms with E-state index in [9.17, 15) is 0 Å². The average molecular weight is 278 g/mol. The molecule has 0 amide bonds.